The average Bonchev–Trinajstić information content (AvgIpc) is 2.96. The van der Waals surface area contributed by atoms with Crippen molar-refractivity contribution in [1.82, 2.24) is 5.32 Å². The summed E-state index contributed by atoms with van der Waals surface area (Å²) >= 11 is 0. The second kappa shape index (κ2) is 13.6. The molecule has 0 bridgehead atoms. The van der Waals surface area contributed by atoms with E-state index in [0.717, 1.165) is 12.5 Å². The summed E-state index contributed by atoms with van der Waals surface area (Å²) < 4.78 is 0. The van der Waals surface area contributed by atoms with Crippen LogP contribution in [0.15, 0.2) is 0 Å². The number of nitrogens with one attached hydrogen (secondary N) is 1. The van der Waals surface area contributed by atoms with Crippen molar-refractivity contribution in [2.24, 2.45) is 11.8 Å². The molecule has 2 nitrogen and oxygen atoms in total. The van der Waals surface area contributed by atoms with Gasteiger partial charge in [-0.1, -0.05) is 71.1 Å². The Morgan fingerprint density at radius 3 is 2.00 bits per heavy atom. The lowest BCUT2D eigenvalue weighted by atomic mass is 9.97. The van der Waals surface area contributed by atoms with E-state index in [0.29, 0.717) is 12.5 Å². The second-order valence-corrected chi connectivity index (χ2v) is 7.02. The van der Waals surface area contributed by atoms with Gasteiger partial charge in [-0.15, -0.1) is 0 Å². The van der Waals surface area contributed by atoms with E-state index in [1.165, 1.54) is 90.0 Å². The molecule has 2 N–H and O–H groups in total. The Bertz CT molecular complexity index is 220. The molecule has 0 spiro atoms. The van der Waals surface area contributed by atoms with Crippen molar-refractivity contribution in [3.63, 3.8) is 0 Å². The van der Waals surface area contributed by atoms with Crippen LogP contribution >= 0.6 is 0 Å². The van der Waals surface area contributed by atoms with E-state index in [2.05, 4.69) is 12.2 Å². The fraction of sp³-hybridized carbons (Fsp3) is 1.00. The van der Waals surface area contributed by atoms with Gasteiger partial charge < -0.3 is 10.4 Å². The molecule has 1 aliphatic rings. The molecule has 1 aliphatic carbocycles. The summed E-state index contributed by atoms with van der Waals surface area (Å²) in [6, 6.07) is 0. The smallest absolute Gasteiger partial charge is 0.0462 e. The number of unbranched alkanes of at least 4 members (excludes halogenated alkanes) is 9. The molecule has 0 aromatic rings. The van der Waals surface area contributed by atoms with Gasteiger partial charge in [-0.05, 0) is 44.2 Å². The normalized spacial score (nSPS) is 22.0. The molecule has 0 radical (unpaired) electrons. The van der Waals surface area contributed by atoms with Crippen LogP contribution < -0.4 is 5.32 Å². The lowest BCUT2D eigenvalue weighted by molar-refractivity contribution is 0.192. The molecule has 2 heteroatoms. The standard InChI is InChI=1S/C19H39NO/c1-2-3-4-5-6-7-8-9-10-11-15-20-16-18-13-12-14-19(18)17-21/h18-21H,2-17H2,1H3. The van der Waals surface area contributed by atoms with Gasteiger partial charge in [0.25, 0.3) is 0 Å². The van der Waals surface area contributed by atoms with Crippen molar-refractivity contribution in [2.45, 2.75) is 90.4 Å². The van der Waals surface area contributed by atoms with E-state index in [9.17, 15) is 5.11 Å². The van der Waals surface area contributed by atoms with E-state index >= 15 is 0 Å². The monoisotopic (exact) mass is 297 g/mol. The van der Waals surface area contributed by atoms with Gasteiger partial charge in [0.2, 0.25) is 0 Å². The summed E-state index contributed by atoms with van der Waals surface area (Å²) in [5, 5.41) is 12.9. The third-order valence-corrected chi connectivity index (χ3v) is 5.16. The predicted octanol–water partition coefficient (Wildman–Crippen LogP) is 4.91. The van der Waals surface area contributed by atoms with Crippen LogP contribution in [0.3, 0.4) is 0 Å². The Balaban J connectivity index is 1.76. The van der Waals surface area contributed by atoms with Crippen molar-refractivity contribution in [2.75, 3.05) is 19.7 Å². The summed E-state index contributed by atoms with van der Waals surface area (Å²) in [6.07, 6.45) is 18.0. The first kappa shape index (κ1) is 19.0. The third-order valence-electron chi connectivity index (χ3n) is 5.16. The lowest BCUT2D eigenvalue weighted by Gasteiger charge is -2.17. The molecule has 0 aliphatic heterocycles. The molecule has 1 saturated carbocycles. The topological polar surface area (TPSA) is 32.3 Å². The van der Waals surface area contributed by atoms with Gasteiger partial charge in [0, 0.05) is 6.61 Å². The van der Waals surface area contributed by atoms with Gasteiger partial charge in [0.1, 0.15) is 0 Å². The SMILES string of the molecule is CCCCCCCCCCCCNCC1CCCC1CO. The second-order valence-electron chi connectivity index (χ2n) is 7.02. The number of aliphatic hydroxyl groups excluding tert-OH is 1. The summed E-state index contributed by atoms with van der Waals surface area (Å²) in [7, 11) is 0. The molecule has 0 aromatic carbocycles. The van der Waals surface area contributed by atoms with E-state index in [1.807, 2.05) is 0 Å². The molecule has 0 aromatic heterocycles. The first-order valence-corrected chi connectivity index (χ1v) is 9.70. The minimum atomic E-state index is 0.393. The van der Waals surface area contributed by atoms with Crippen LogP contribution in [-0.4, -0.2) is 24.8 Å². The maximum atomic E-state index is 9.30. The Morgan fingerprint density at radius 1 is 0.810 bits per heavy atom. The van der Waals surface area contributed by atoms with Crippen LogP contribution in [0, 0.1) is 11.8 Å². The first-order chi connectivity index (χ1) is 10.4. The van der Waals surface area contributed by atoms with Crippen LogP contribution in [-0.2, 0) is 0 Å². The number of rotatable bonds is 14. The molecule has 0 heterocycles. The van der Waals surface area contributed by atoms with Crippen molar-refractivity contribution < 1.29 is 5.11 Å². The number of hydrogen-bond acceptors (Lipinski definition) is 2. The molecule has 1 fully saturated rings. The third kappa shape index (κ3) is 9.52. The molecule has 0 saturated heterocycles. The predicted molar refractivity (Wildman–Crippen MR) is 92.6 cm³/mol. The molecule has 126 valence electrons. The minimum absolute atomic E-state index is 0.393. The molecule has 1 rings (SSSR count). The quantitative estimate of drug-likeness (QED) is 0.447. The lowest BCUT2D eigenvalue weighted by Crippen LogP contribution is -2.27. The number of aliphatic hydroxyl groups is 1. The maximum Gasteiger partial charge on any atom is 0.0462 e. The van der Waals surface area contributed by atoms with Crippen molar-refractivity contribution in [3.8, 4) is 0 Å². The van der Waals surface area contributed by atoms with Crippen LogP contribution in [0.1, 0.15) is 90.4 Å². The largest absolute Gasteiger partial charge is 0.396 e. The zero-order chi connectivity index (χ0) is 15.2. The summed E-state index contributed by atoms with van der Waals surface area (Å²) in [5.41, 5.74) is 0. The van der Waals surface area contributed by atoms with Crippen molar-refractivity contribution in [3.05, 3.63) is 0 Å². The van der Waals surface area contributed by atoms with Gasteiger partial charge in [-0.2, -0.15) is 0 Å². The van der Waals surface area contributed by atoms with Crippen molar-refractivity contribution >= 4 is 0 Å². The zero-order valence-corrected chi connectivity index (χ0v) is 14.4. The van der Waals surface area contributed by atoms with E-state index in [-0.39, 0.29) is 0 Å². The van der Waals surface area contributed by atoms with Gasteiger partial charge in [-0.25, -0.2) is 0 Å². The van der Waals surface area contributed by atoms with Crippen molar-refractivity contribution in [1.29, 1.82) is 0 Å². The average molecular weight is 298 g/mol. The minimum Gasteiger partial charge on any atom is -0.396 e. The summed E-state index contributed by atoms with van der Waals surface area (Å²) in [4.78, 5) is 0. The van der Waals surface area contributed by atoms with E-state index in [1.54, 1.807) is 0 Å². The van der Waals surface area contributed by atoms with Gasteiger partial charge in [-0.3, -0.25) is 0 Å². The van der Waals surface area contributed by atoms with Crippen LogP contribution in [0.4, 0.5) is 0 Å². The summed E-state index contributed by atoms with van der Waals surface area (Å²) in [6.45, 7) is 4.98. The Hall–Kier alpha value is -0.0800. The van der Waals surface area contributed by atoms with E-state index in [4.69, 9.17) is 0 Å². The zero-order valence-electron chi connectivity index (χ0n) is 14.4. The highest BCUT2D eigenvalue weighted by Crippen LogP contribution is 2.30. The van der Waals surface area contributed by atoms with Crippen LogP contribution in [0.5, 0.6) is 0 Å². The Morgan fingerprint density at radius 2 is 1.38 bits per heavy atom. The molecule has 2 unspecified atom stereocenters. The summed E-state index contributed by atoms with van der Waals surface area (Å²) in [5.74, 6) is 1.31. The van der Waals surface area contributed by atoms with Gasteiger partial charge in [0.15, 0.2) is 0 Å². The van der Waals surface area contributed by atoms with Crippen LogP contribution in [0.25, 0.3) is 0 Å². The van der Waals surface area contributed by atoms with Crippen LogP contribution in [0.2, 0.25) is 0 Å². The number of hydrogen-bond donors (Lipinski definition) is 2. The first-order valence-electron chi connectivity index (χ1n) is 9.70. The molecule has 21 heavy (non-hydrogen) atoms. The molecular formula is C19H39NO. The molecule has 2 atom stereocenters. The Kier molecular flexibility index (Phi) is 12.3. The fourth-order valence-corrected chi connectivity index (χ4v) is 3.65. The molecule has 0 amide bonds. The maximum absolute atomic E-state index is 9.30. The highest BCUT2D eigenvalue weighted by Gasteiger charge is 2.25. The Labute approximate surface area is 133 Å². The molecular weight excluding hydrogens is 258 g/mol. The van der Waals surface area contributed by atoms with Gasteiger partial charge in [0.05, 0.1) is 0 Å². The highest BCUT2D eigenvalue weighted by atomic mass is 16.3. The van der Waals surface area contributed by atoms with Gasteiger partial charge >= 0.3 is 0 Å². The van der Waals surface area contributed by atoms with E-state index < -0.39 is 0 Å². The highest BCUT2D eigenvalue weighted by molar-refractivity contribution is 4.78. The fourth-order valence-electron chi connectivity index (χ4n) is 3.65.